The molecule has 1 unspecified atom stereocenters. The third-order valence-electron chi connectivity index (χ3n) is 3.95. The zero-order chi connectivity index (χ0) is 20.0. The van der Waals surface area contributed by atoms with E-state index in [9.17, 15) is 18.0 Å². The van der Waals surface area contributed by atoms with E-state index in [1.165, 1.54) is 32.4 Å². The summed E-state index contributed by atoms with van der Waals surface area (Å²) in [5, 5.41) is 2.35. The summed E-state index contributed by atoms with van der Waals surface area (Å²) in [6.45, 7) is 0.432. The Hall–Kier alpha value is -2.74. The van der Waals surface area contributed by atoms with Crippen LogP contribution in [-0.2, 0) is 17.5 Å². The third kappa shape index (κ3) is 5.37. The summed E-state index contributed by atoms with van der Waals surface area (Å²) in [5.74, 6) is 0.639. The number of hydrogen-bond donors (Lipinski definition) is 2. The summed E-state index contributed by atoms with van der Waals surface area (Å²) in [6, 6.07) is 10.3. The number of quaternary nitrogens is 1. The van der Waals surface area contributed by atoms with Gasteiger partial charge in [0.25, 0.3) is 5.91 Å². The number of halogens is 3. The molecule has 2 N–H and O–H groups in total. The first-order valence-electron chi connectivity index (χ1n) is 8.23. The Morgan fingerprint density at radius 3 is 2.41 bits per heavy atom. The number of rotatable bonds is 7. The summed E-state index contributed by atoms with van der Waals surface area (Å²) in [4.78, 5) is 13.0. The minimum Gasteiger partial charge on any atom is -0.493 e. The maximum absolute atomic E-state index is 13.0. The number of anilines is 1. The smallest absolute Gasteiger partial charge is 0.418 e. The highest BCUT2D eigenvalue weighted by Gasteiger charge is 2.33. The third-order valence-corrected chi connectivity index (χ3v) is 3.95. The van der Waals surface area contributed by atoms with Crippen LogP contribution < -0.4 is 19.7 Å². The van der Waals surface area contributed by atoms with Gasteiger partial charge in [0, 0.05) is 0 Å². The van der Waals surface area contributed by atoms with E-state index in [-0.39, 0.29) is 12.2 Å². The van der Waals surface area contributed by atoms with E-state index in [2.05, 4.69) is 5.32 Å². The van der Waals surface area contributed by atoms with Gasteiger partial charge in [-0.25, -0.2) is 0 Å². The summed E-state index contributed by atoms with van der Waals surface area (Å²) >= 11 is 0. The molecule has 146 valence electrons. The molecule has 8 heteroatoms. The lowest BCUT2D eigenvalue weighted by Crippen LogP contribution is -3.08. The molecule has 27 heavy (non-hydrogen) atoms. The van der Waals surface area contributed by atoms with E-state index >= 15 is 0 Å². The topological polar surface area (TPSA) is 52.0 Å². The molecule has 2 aromatic rings. The molecule has 0 heterocycles. The molecule has 0 spiro atoms. The normalized spacial score (nSPS) is 12.4. The molecule has 0 saturated heterocycles. The largest absolute Gasteiger partial charge is 0.493 e. The molecule has 0 saturated carbocycles. The van der Waals surface area contributed by atoms with Gasteiger partial charge in [-0.1, -0.05) is 18.2 Å². The highest BCUT2D eigenvalue weighted by atomic mass is 19.4. The summed E-state index contributed by atoms with van der Waals surface area (Å²) in [6.07, 6.45) is -4.53. The van der Waals surface area contributed by atoms with E-state index in [0.29, 0.717) is 18.0 Å². The lowest BCUT2D eigenvalue weighted by molar-refractivity contribution is -0.885. The fourth-order valence-electron chi connectivity index (χ4n) is 2.79. The van der Waals surface area contributed by atoms with Crippen LogP contribution in [-0.4, -0.2) is 33.7 Å². The first-order valence-corrected chi connectivity index (χ1v) is 8.23. The van der Waals surface area contributed by atoms with Crippen LogP contribution in [0.25, 0.3) is 0 Å². The first-order chi connectivity index (χ1) is 12.8. The molecule has 1 amide bonds. The van der Waals surface area contributed by atoms with Crippen LogP contribution in [0.1, 0.15) is 11.1 Å². The Morgan fingerprint density at radius 1 is 1.07 bits per heavy atom. The van der Waals surface area contributed by atoms with Crippen LogP contribution in [0.3, 0.4) is 0 Å². The molecule has 0 aliphatic carbocycles. The van der Waals surface area contributed by atoms with Crippen LogP contribution >= 0.6 is 0 Å². The Balaban J connectivity index is 2.06. The molecule has 0 aliphatic heterocycles. The van der Waals surface area contributed by atoms with E-state index in [4.69, 9.17) is 9.47 Å². The average Bonchev–Trinajstić information content (AvgIpc) is 2.60. The molecule has 0 bridgehead atoms. The lowest BCUT2D eigenvalue weighted by Gasteiger charge is -2.18. The molecule has 1 atom stereocenters. The second-order valence-electron chi connectivity index (χ2n) is 6.05. The second-order valence-corrected chi connectivity index (χ2v) is 6.05. The fraction of sp³-hybridized carbons (Fsp3) is 0.316. The van der Waals surface area contributed by atoms with Crippen molar-refractivity contribution in [2.45, 2.75) is 12.7 Å². The average molecular weight is 383 g/mol. The number of nitrogens with one attached hydrogen (secondary N) is 2. The van der Waals surface area contributed by atoms with Gasteiger partial charge in [0.2, 0.25) is 0 Å². The maximum Gasteiger partial charge on any atom is 0.418 e. The minimum atomic E-state index is -4.53. The van der Waals surface area contributed by atoms with E-state index in [1.807, 2.05) is 12.1 Å². The summed E-state index contributed by atoms with van der Waals surface area (Å²) in [5.41, 5.74) is -0.287. The molecule has 0 fully saturated rings. The molecule has 0 aromatic heterocycles. The first kappa shape index (κ1) is 20.6. The minimum absolute atomic E-state index is 0.00739. The number of likely N-dealkylation sites (N-methyl/N-ethyl adjacent to an activating group) is 1. The van der Waals surface area contributed by atoms with Crippen LogP contribution in [0, 0.1) is 0 Å². The SMILES string of the molecule is COc1cccc(C[NH+](C)CC(=O)Nc2ccccc2C(F)(F)F)c1OC. The molecule has 0 radical (unpaired) electrons. The Labute approximate surface area is 155 Å². The van der Waals surface area contributed by atoms with Crippen LogP contribution in [0.5, 0.6) is 11.5 Å². The maximum atomic E-state index is 13.0. The van der Waals surface area contributed by atoms with Gasteiger partial charge in [0.1, 0.15) is 6.54 Å². The number of amides is 1. The van der Waals surface area contributed by atoms with Gasteiger partial charge in [0.05, 0.1) is 38.1 Å². The summed E-state index contributed by atoms with van der Waals surface area (Å²) in [7, 11) is 4.83. The van der Waals surface area contributed by atoms with Crippen molar-refractivity contribution in [2.75, 3.05) is 33.1 Å². The van der Waals surface area contributed by atoms with Crippen molar-refractivity contribution in [2.24, 2.45) is 0 Å². The lowest BCUT2D eigenvalue weighted by atomic mass is 10.1. The van der Waals surface area contributed by atoms with E-state index in [1.54, 1.807) is 13.1 Å². The van der Waals surface area contributed by atoms with Gasteiger partial charge in [-0.05, 0) is 24.3 Å². The predicted molar refractivity (Wildman–Crippen MR) is 95.1 cm³/mol. The van der Waals surface area contributed by atoms with Crippen molar-refractivity contribution >= 4 is 11.6 Å². The van der Waals surface area contributed by atoms with Crippen LogP contribution in [0.4, 0.5) is 18.9 Å². The fourth-order valence-corrected chi connectivity index (χ4v) is 2.79. The van der Waals surface area contributed by atoms with Gasteiger partial charge in [-0.2, -0.15) is 13.2 Å². The van der Waals surface area contributed by atoms with Gasteiger partial charge >= 0.3 is 6.18 Å². The Kier molecular flexibility index (Phi) is 6.68. The van der Waals surface area contributed by atoms with Crippen molar-refractivity contribution in [3.8, 4) is 11.5 Å². The number of carbonyl (C=O) groups excluding carboxylic acids is 1. The predicted octanol–water partition coefficient (Wildman–Crippen LogP) is 2.38. The van der Waals surface area contributed by atoms with Crippen molar-refractivity contribution in [3.05, 3.63) is 53.6 Å². The van der Waals surface area contributed by atoms with Crippen molar-refractivity contribution < 1.29 is 32.3 Å². The molecule has 2 aromatic carbocycles. The molecule has 5 nitrogen and oxygen atoms in total. The quantitative estimate of drug-likeness (QED) is 0.772. The second kappa shape index (κ2) is 8.77. The van der Waals surface area contributed by atoms with E-state index < -0.39 is 17.6 Å². The van der Waals surface area contributed by atoms with Crippen LogP contribution in [0.15, 0.2) is 42.5 Å². The summed E-state index contributed by atoms with van der Waals surface area (Å²) < 4.78 is 49.7. The molecule has 0 aliphatic rings. The number of alkyl halides is 3. The van der Waals surface area contributed by atoms with Crippen molar-refractivity contribution in [3.63, 3.8) is 0 Å². The van der Waals surface area contributed by atoms with Crippen molar-refractivity contribution in [1.29, 1.82) is 0 Å². The van der Waals surface area contributed by atoms with Crippen molar-refractivity contribution in [1.82, 2.24) is 0 Å². The van der Waals surface area contributed by atoms with Gasteiger partial charge in [-0.15, -0.1) is 0 Å². The molecular formula is C19H22F3N2O3+. The number of benzene rings is 2. The number of ether oxygens (including phenoxy) is 2. The Bertz CT molecular complexity index is 794. The zero-order valence-corrected chi connectivity index (χ0v) is 15.3. The number of hydrogen-bond acceptors (Lipinski definition) is 3. The van der Waals surface area contributed by atoms with Gasteiger partial charge < -0.3 is 19.7 Å². The Morgan fingerprint density at radius 2 is 1.78 bits per heavy atom. The number of methoxy groups -OCH3 is 2. The van der Waals surface area contributed by atoms with Crippen LogP contribution in [0.2, 0.25) is 0 Å². The monoisotopic (exact) mass is 383 g/mol. The van der Waals surface area contributed by atoms with Gasteiger partial charge in [0.15, 0.2) is 18.0 Å². The molecular weight excluding hydrogens is 361 g/mol. The highest BCUT2D eigenvalue weighted by Crippen LogP contribution is 2.34. The number of para-hydroxylation sites is 2. The number of carbonyl (C=O) groups is 1. The van der Waals surface area contributed by atoms with E-state index in [0.717, 1.165) is 16.5 Å². The standard InChI is InChI=1S/C19H21F3N2O3/c1-24(11-13-7-6-10-16(26-2)18(13)27-3)12-17(25)23-15-9-5-4-8-14(15)19(20,21)22/h4-10H,11-12H2,1-3H3,(H,23,25)/p+1. The zero-order valence-electron chi connectivity index (χ0n) is 15.3. The molecule has 2 rings (SSSR count). The van der Waals surface area contributed by atoms with Gasteiger partial charge in [-0.3, -0.25) is 4.79 Å². The highest BCUT2D eigenvalue weighted by molar-refractivity contribution is 5.92.